The maximum absolute atomic E-state index is 13.1. The minimum absolute atomic E-state index is 0.0158. The summed E-state index contributed by atoms with van der Waals surface area (Å²) in [7, 11) is 1.79. The van der Waals surface area contributed by atoms with Crippen molar-refractivity contribution in [2.75, 3.05) is 26.2 Å². The van der Waals surface area contributed by atoms with Crippen molar-refractivity contribution in [3.05, 3.63) is 16.4 Å². The molecule has 1 atom stereocenters. The summed E-state index contributed by atoms with van der Waals surface area (Å²) in [4.78, 5) is 17.7. The summed E-state index contributed by atoms with van der Waals surface area (Å²) in [5, 5.41) is 4.78. The largest absolute Gasteiger partial charge is 0.336 e. The van der Waals surface area contributed by atoms with Gasteiger partial charge in [0.05, 0.1) is 10.7 Å². The monoisotopic (exact) mass is 352 g/mol. The van der Waals surface area contributed by atoms with Gasteiger partial charge in [0, 0.05) is 39.3 Å². The van der Waals surface area contributed by atoms with Crippen LogP contribution in [0.2, 0.25) is 5.02 Å². The maximum Gasteiger partial charge on any atom is 0.273 e. The molecule has 1 saturated heterocycles. The second kappa shape index (κ2) is 7.04. The number of hydrogen-bond acceptors (Lipinski definition) is 3. The van der Waals surface area contributed by atoms with Crippen LogP contribution in [0, 0.1) is 18.8 Å². The zero-order valence-corrected chi connectivity index (χ0v) is 16.0. The van der Waals surface area contributed by atoms with Crippen LogP contribution in [-0.4, -0.2) is 57.7 Å². The Bertz CT molecular complexity index is 608. The van der Waals surface area contributed by atoms with Crippen LogP contribution >= 0.6 is 11.6 Å². The van der Waals surface area contributed by atoms with Crippen LogP contribution < -0.4 is 0 Å². The predicted molar refractivity (Wildman–Crippen MR) is 96.4 cm³/mol. The summed E-state index contributed by atoms with van der Waals surface area (Å²) in [6, 6.07) is 0.421. The van der Waals surface area contributed by atoms with Gasteiger partial charge in [0.25, 0.3) is 5.91 Å². The number of halogens is 1. The number of amides is 1. The Kier molecular flexibility index (Phi) is 5.21. The summed E-state index contributed by atoms with van der Waals surface area (Å²) in [5.41, 5.74) is 1.24. The van der Waals surface area contributed by atoms with E-state index in [1.54, 1.807) is 11.7 Å². The Morgan fingerprint density at radius 3 is 2.58 bits per heavy atom. The highest BCUT2D eigenvalue weighted by molar-refractivity contribution is 6.34. The van der Waals surface area contributed by atoms with Crippen molar-refractivity contribution in [3.8, 4) is 0 Å². The molecule has 3 rings (SSSR count). The van der Waals surface area contributed by atoms with Gasteiger partial charge in [0.2, 0.25) is 0 Å². The molecular weight excluding hydrogens is 324 g/mol. The summed E-state index contributed by atoms with van der Waals surface area (Å²) in [6.07, 6.45) is 3.76. The van der Waals surface area contributed by atoms with Gasteiger partial charge in [0.1, 0.15) is 5.69 Å². The Labute approximate surface area is 149 Å². The summed E-state index contributed by atoms with van der Waals surface area (Å²) >= 11 is 6.33. The fourth-order valence-electron chi connectivity index (χ4n) is 3.75. The van der Waals surface area contributed by atoms with E-state index in [9.17, 15) is 4.79 Å². The van der Waals surface area contributed by atoms with Gasteiger partial charge in [-0.05, 0) is 38.0 Å². The third-order valence-electron chi connectivity index (χ3n) is 5.35. The molecule has 1 amide bonds. The average molecular weight is 353 g/mol. The van der Waals surface area contributed by atoms with Crippen molar-refractivity contribution in [3.63, 3.8) is 0 Å². The van der Waals surface area contributed by atoms with Crippen LogP contribution in [0.15, 0.2) is 0 Å². The second-order valence-electron chi connectivity index (χ2n) is 7.73. The lowest BCUT2D eigenvalue weighted by atomic mass is 10.0. The molecular formula is C18H29ClN4O. The number of aryl methyl sites for hydroxylation is 2. The third-order valence-corrected chi connectivity index (χ3v) is 5.80. The Balaban J connectivity index is 1.79. The van der Waals surface area contributed by atoms with Gasteiger partial charge < -0.3 is 4.90 Å². The van der Waals surface area contributed by atoms with Crippen molar-refractivity contribution in [1.29, 1.82) is 0 Å². The summed E-state index contributed by atoms with van der Waals surface area (Å²) in [5.74, 6) is 1.42. The lowest BCUT2D eigenvalue weighted by Gasteiger charge is -2.34. The molecule has 0 aromatic carbocycles. The number of aromatic nitrogens is 2. The maximum atomic E-state index is 13.1. The first-order valence-electron chi connectivity index (χ1n) is 9.11. The molecule has 5 nitrogen and oxygen atoms in total. The molecule has 2 aliphatic rings. The van der Waals surface area contributed by atoms with Gasteiger partial charge >= 0.3 is 0 Å². The predicted octanol–water partition coefficient (Wildman–Crippen LogP) is 2.96. The molecule has 1 unspecified atom stereocenters. The van der Waals surface area contributed by atoms with E-state index in [4.69, 9.17) is 11.6 Å². The minimum Gasteiger partial charge on any atom is -0.336 e. The van der Waals surface area contributed by atoms with E-state index in [-0.39, 0.29) is 5.91 Å². The normalized spacial score (nSPS) is 22.9. The van der Waals surface area contributed by atoms with Gasteiger partial charge in [-0.15, -0.1) is 0 Å². The molecule has 6 heteroatoms. The zero-order valence-electron chi connectivity index (χ0n) is 15.3. The molecule has 24 heavy (non-hydrogen) atoms. The van der Waals surface area contributed by atoms with Crippen molar-refractivity contribution in [2.24, 2.45) is 18.9 Å². The number of carbonyl (C=O) groups is 1. The molecule has 0 radical (unpaired) electrons. The lowest BCUT2D eigenvalue weighted by molar-refractivity contribution is 0.0694. The zero-order chi connectivity index (χ0) is 17.4. The molecule has 1 aromatic heterocycles. The fourth-order valence-corrected chi connectivity index (χ4v) is 3.99. The SMILES string of the molecule is Cc1nn(C)c(C(=O)N2CCCN(CC3CC3)C(C(C)C)C2)c1Cl. The molecule has 0 bridgehead atoms. The quantitative estimate of drug-likeness (QED) is 0.836. The van der Waals surface area contributed by atoms with E-state index in [0.717, 1.165) is 32.0 Å². The van der Waals surface area contributed by atoms with Crippen molar-refractivity contribution in [2.45, 2.75) is 46.1 Å². The summed E-state index contributed by atoms with van der Waals surface area (Å²) < 4.78 is 1.62. The highest BCUT2D eigenvalue weighted by Gasteiger charge is 2.34. The first kappa shape index (κ1) is 17.7. The number of carbonyl (C=O) groups excluding carboxylic acids is 1. The van der Waals surface area contributed by atoms with Crippen molar-refractivity contribution >= 4 is 17.5 Å². The molecule has 2 fully saturated rings. The number of nitrogens with zero attached hydrogens (tertiary/aromatic N) is 4. The highest BCUT2D eigenvalue weighted by atomic mass is 35.5. The van der Waals surface area contributed by atoms with E-state index in [1.165, 1.54) is 19.4 Å². The Morgan fingerprint density at radius 1 is 1.33 bits per heavy atom. The van der Waals surface area contributed by atoms with E-state index in [0.29, 0.717) is 28.4 Å². The van der Waals surface area contributed by atoms with Crippen LogP contribution in [0.4, 0.5) is 0 Å². The Hall–Kier alpha value is -1.07. The fraction of sp³-hybridized carbons (Fsp3) is 0.778. The van der Waals surface area contributed by atoms with Crippen molar-refractivity contribution in [1.82, 2.24) is 19.6 Å². The third kappa shape index (κ3) is 3.62. The first-order chi connectivity index (χ1) is 11.4. The van der Waals surface area contributed by atoms with E-state index in [2.05, 4.69) is 23.8 Å². The smallest absolute Gasteiger partial charge is 0.273 e. The van der Waals surface area contributed by atoms with E-state index >= 15 is 0 Å². The standard InChI is InChI=1S/C18H29ClN4O/c1-12(2)15-11-23(9-5-8-22(15)10-14-6-7-14)18(24)17-16(19)13(3)20-21(17)4/h12,14-15H,5-11H2,1-4H3. The summed E-state index contributed by atoms with van der Waals surface area (Å²) in [6.45, 7) is 10.2. The molecule has 1 saturated carbocycles. The molecule has 134 valence electrons. The highest BCUT2D eigenvalue weighted by Crippen LogP contribution is 2.32. The number of rotatable bonds is 4. The van der Waals surface area contributed by atoms with Gasteiger partial charge in [-0.2, -0.15) is 5.10 Å². The first-order valence-corrected chi connectivity index (χ1v) is 9.48. The van der Waals surface area contributed by atoms with Crippen molar-refractivity contribution < 1.29 is 4.79 Å². The molecule has 2 heterocycles. The van der Waals surface area contributed by atoms with E-state index in [1.807, 2.05) is 11.8 Å². The number of hydrogen-bond donors (Lipinski definition) is 0. The second-order valence-corrected chi connectivity index (χ2v) is 8.10. The molecule has 1 aliphatic heterocycles. The van der Waals surface area contributed by atoms with Crippen LogP contribution in [0.25, 0.3) is 0 Å². The van der Waals surface area contributed by atoms with Gasteiger partial charge in [-0.3, -0.25) is 14.4 Å². The lowest BCUT2D eigenvalue weighted by Crippen LogP contribution is -2.46. The van der Waals surface area contributed by atoms with Crippen LogP contribution in [-0.2, 0) is 7.05 Å². The van der Waals surface area contributed by atoms with Gasteiger partial charge in [-0.1, -0.05) is 25.4 Å². The Morgan fingerprint density at radius 2 is 2.04 bits per heavy atom. The molecule has 0 N–H and O–H groups in total. The molecule has 1 aromatic rings. The van der Waals surface area contributed by atoms with Gasteiger partial charge in [-0.25, -0.2) is 0 Å². The van der Waals surface area contributed by atoms with E-state index < -0.39 is 0 Å². The molecule has 0 spiro atoms. The van der Waals surface area contributed by atoms with Gasteiger partial charge in [0.15, 0.2) is 0 Å². The average Bonchev–Trinajstić information content (AvgIpc) is 3.30. The topological polar surface area (TPSA) is 41.4 Å². The molecule has 1 aliphatic carbocycles. The van der Waals surface area contributed by atoms with Crippen LogP contribution in [0.5, 0.6) is 0 Å². The van der Waals surface area contributed by atoms with Crippen LogP contribution in [0.1, 0.15) is 49.3 Å². The van der Waals surface area contributed by atoms with Crippen LogP contribution in [0.3, 0.4) is 0 Å². The minimum atomic E-state index is 0.0158.